The Kier molecular flexibility index (Phi) is 2.10. The van der Waals surface area contributed by atoms with Crippen molar-refractivity contribution in [3.8, 4) is 0 Å². The van der Waals surface area contributed by atoms with Gasteiger partial charge in [-0.15, -0.1) is 0 Å². The molecule has 0 spiro atoms. The molecule has 4 heteroatoms. The predicted octanol–water partition coefficient (Wildman–Crippen LogP) is 2.12. The van der Waals surface area contributed by atoms with Crippen LogP contribution in [0.3, 0.4) is 0 Å². The number of alkyl carbamates (subject to hydrolysis) is 1. The van der Waals surface area contributed by atoms with Crippen LogP contribution in [0.4, 0.5) is 4.79 Å². The van der Waals surface area contributed by atoms with Crippen LogP contribution in [0.25, 0.3) is 0 Å². The quantitative estimate of drug-likeness (QED) is 0.749. The van der Waals surface area contributed by atoms with Crippen molar-refractivity contribution in [1.29, 1.82) is 0 Å². The number of amides is 1. The van der Waals surface area contributed by atoms with Gasteiger partial charge in [0.25, 0.3) is 0 Å². The van der Waals surface area contributed by atoms with Crippen LogP contribution in [0.1, 0.15) is 11.6 Å². The molecular formula is C9H8ClNO2. The first-order valence-corrected chi connectivity index (χ1v) is 4.33. The molecule has 0 unspecified atom stereocenters. The lowest BCUT2D eigenvalue weighted by Gasteiger charge is -2.08. The fourth-order valence-corrected chi connectivity index (χ4v) is 1.58. The first-order valence-electron chi connectivity index (χ1n) is 3.95. The van der Waals surface area contributed by atoms with Crippen LogP contribution < -0.4 is 5.32 Å². The number of rotatable bonds is 1. The van der Waals surface area contributed by atoms with Gasteiger partial charge < -0.3 is 10.1 Å². The van der Waals surface area contributed by atoms with Gasteiger partial charge >= 0.3 is 6.09 Å². The molecule has 1 atom stereocenters. The Bertz CT molecular complexity index is 340. The highest BCUT2D eigenvalue weighted by atomic mass is 35.5. The second kappa shape index (κ2) is 3.26. The SMILES string of the molecule is O=C1N[C@H](c2ccccc2Cl)CO1. The largest absolute Gasteiger partial charge is 0.447 e. The summed E-state index contributed by atoms with van der Waals surface area (Å²) in [5.41, 5.74) is 0.898. The van der Waals surface area contributed by atoms with Crippen molar-refractivity contribution in [2.45, 2.75) is 6.04 Å². The number of nitrogens with one attached hydrogen (secondary N) is 1. The minimum Gasteiger partial charge on any atom is -0.447 e. The molecule has 1 aromatic rings. The fourth-order valence-electron chi connectivity index (χ4n) is 1.31. The normalized spacial score (nSPS) is 21.0. The van der Waals surface area contributed by atoms with E-state index in [4.69, 9.17) is 16.3 Å². The zero-order chi connectivity index (χ0) is 9.26. The topological polar surface area (TPSA) is 38.3 Å². The molecule has 1 aromatic carbocycles. The average Bonchev–Trinajstić information content (AvgIpc) is 2.53. The fraction of sp³-hybridized carbons (Fsp3) is 0.222. The van der Waals surface area contributed by atoms with Crippen LogP contribution in [0.15, 0.2) is 24.3 Å². The molecule has 1 aliphatic heterocycles. The number of carbonyl (C=O) groups is 1. The monoisotopic (exact) mass is 197 g/mol. The van der Waals surface area contributed by atoms with Gasteiger partial charge in [0.1, 0.15) is 6.61 Å². The lowest BCUT2D eigenvalue weighted by atomic mass is 10.1. The van der Waals surface area contributed by atoms with E-state index in [1.54, 1.807) is 6.07 Å². The second-order valence-electron chi connectivity index (χ2n) is 2.82. The van der Waals surface area contributed by atoms with E-state index in [-0.39, 0.29) is 12.1 Å². The number of ether oxygens (including phenoxy) is 1. The summed E-state index contributed by atoms with van der Waals surface area (Å²) in [4.78, 5) is 10.8. The van der Waals surface area contributed by atoms with E-state index in [0.29, 0.717) is 11.6 Å². The van der Waals surface area contributed by atoms with E-state index in [1.807, 2.05) is 18.2 Å². The molecular weight excluding hydrogens is 190 g/mol. The zero-order valence-electron chi connectivity index (χ0n) is 6.79. The Hall–Kier alpha value is -1.22. The van der Waals surface area contributed by atoms with E-state index < -0.39 is 0 Å². The standard InChI is InChI=1S/C9H8ClNO2/c10-7-4-2-1-3-6(7)8-5-13-9(12)11-8/h1-4,8H,5H2,(H,11,12)/t8-/m0/s1. The Balaban J connectivity index is 2.26. The van der Waals surface area contributed by atoms with E-state index >= 15 is 0 Å². The van der Waals surface area contributed by atoms with E-state index in [1.165, 1.54) is 0 Å². The van der Waals surface area contributed by atoms with Crippen LogP contribution in [-0.2, 0) is 4.74 Å². The van der Waals surface area contributed by atoms with Gasteiger partial charge in [-0.05, 0) is 11.6 Å². The highest BCUT2D eigenvalue weighted by molar-refractivity contribution is 6.31. The minimum atomic E-state index is -0.384. The number of cyclic esters (lactones) is 1. The zero-order valence-corrected chi connectivity index (χ0v) is 7.54. The van der Waals surface area contributed by atoms with Crippen LogP contribution in [-0.4, -0.2) is 12.7 Å². The van der Waals surface area contributed by atoms with E-state index in [9.17, 15) is 4.79 Å². The lowest BCUT2D eigenvalue weighted by Crippen LogP contribution is -2.18. The maximum absolute atomic E-state index is 10.8. The molecule has 1 amide bonds. The van der Waals surface area contributed by atoms with Crippen molar-refractivity contribution in [2.75, 3.05) is 6.61 Å². The number of benzene rings is 1. The molecule has 0 radical (unpaired) electrons. The maximum Gasteiger partial charge on any atom is 0.407 e. The molecule has 1 N–H and O–H groups in total. The van der Waals surface area contributed by atoms with Crippen LogP contribution in [0.5, 0.6) is 0 Å². The molecule has 0 aliphatic carbocycles. The summed E-state index contributed by atoms with van der Waals surface area (Å²) in [5.74, 6) is 0. The van der Waals surface area contributed by atoms with Crippen molar-refractivity contribution < 1.29 is 9.53 Å². The molecule has 2 rings (SSSR count). The van der Waals surface area contributed by atoms with Crippen molar-refractivity contribution >= 4 is 17.7 Å². The summed E-state index contributed by atoms with van der Waals surface area (Å²) in [6.45, 7) is 0.350. The van der Waals surface area contributed by atoms with Crippen molar-refractivity contribution in [1.82, 2.24) is 5.32 Å². The third-order valence-electron chi connectivity index (χ3n) is 1.95. The summed E-state index contributed by atoms with van der Waals surface area (Å²) < 4.78 is 4.77. The van der Waals surface area contributed by atoms with E-state index in [2.05, 4.69) is 5.32 Å². The second-order valence-corrected chi connectivity index (χ2v) is 3.22. The Morgan fingerprint density at radius 1 is 1.46 bits per heavy atom. The number of hydrogen-bond acceptors (Lipinski definition) is 2. The van der Waals surface area contributed by atoms with Gasteiger partial charge in [-0.25, -0.2) is 4.79 Å². The smallest absolute Gasteiger partial charge is 0.407 e. The Morgan fingerprint density at radius 3 is 2.85 bits per heavy atom. The van der Waals surface area contributed by atoms with Crippen molar-refractivity contribution in [3.05, 3.63) is 34.9 Å². The highest BCUT2D eigenvalue weighted by Gasteiger charge is 2.24. The average molecular weight is 198 g/mol. The number of hydrogen-bond donors (Lipinski definition) is 1. The Labute approximate surface area is 80.6 Å². The molecule has 1 aliphatic rings. The molecule has 13 heavy (non-hydrogen) atoms. The van der Waals surface area contributed by atoms with Gasteiger partial charge in [-0.2, -0.15) is 0 Å². The highest BCUT2D eigenvalue weighted by Crippen LogP contribution is 2.25. The van der Waals surface area contributed by atoms with Crippen molar-refractivity contribution in [3.63, 3.8) is 0 Å². The molecule has 68 valence electrons. The lowest BCUT2D eigenvalue weighted by molar-refractivity contribution is 0.177. The van der Waals surface area contributed by atoms with Crippen LogP contribution >= 0.6 is 11.6 Å². The molecule has 0 saturated carbocycles. The Morgan fingerprint density at radius 2 is 2.23 bits per heavy atom. The van der Waals surface area contributed by atoms with Gasteiger partial charge in [0.2, 0.25) is 0 Å². The van der Waals surface area contributed by atoms with E-state index in [0.717, 1.165) is 5.56 Å². The van der Waals surface area contributed by atoms with Crippen LogP contribution in [0, 0.1) is 0 Å². The van der Waals surface area contributed by atoms with Gasteiger partial charge in [-0.3, -0.25) is 0 Å². The summed E-state index contributed by atoms with van der Waals surface area (Å²) >= 11 is 5.95. The predicted molar refractivity (Wildman–Crippen MR) is 48.7 cm³/mol. The molecule has 1 heterocycles. The van der Waals surface area contributed by atoms with Gasteiger partial charge in [0.15, 0.2) is 0 Å². The minimum absolute atomic E-state index is 0.110. The number of halogens is 1. The van der Waals surface area contributed by atoms with Crippen LogP contribution in [0.2, 0.25) is 5.02 Å². The van der Waals surface area contributed by atoms with Gasteiger partial charge in [0.05, 0.1) is 6.04 Å². The third-order valence-corrected chi connectivity index (χ3v) is 2.30. The van der Waals surface area contributed by atoms with Gasteiger partial charge in [-0.1, -0.05) is 29.8 Å². The summed E-state index contributed by atoms with van der Waals surface area (Å²) in [6, 6.07) is 7.29. The summed E-state index contributed by atoms with van der Waals surface area (Å²) in [5, 5.41) is 3.32. The molecule has 0 aromatic heterocycles. The molecule has 0 bridgehead atoms. The summed E-state index contributed by atoms with van der Waals surface area (Å²) in [6.07, 6.45) is -0.384. The molecule has 1 saturated heterocycles. The molecule has 3 nitrogen and oxygen atoms in total. The first kappa shape index (κ1) is 8.38. The third kappa shape index (κ3) is 1.60. The molecule has 1 fully saturated rings. The number of carbonyl (C=O) groups excluding carboxylic acids is 1. The van der Waals surface area contributed by atoms with Crippen molar-refractivity contribution in [2.24, 2.45) is 0 Å². The maximum atomic E-state index is 10.8. The van der Waals surface area contributed by atoms with Gasteiger partial charge in [0, 0.05) is 5.02 Å². The summed E-state index contributed by atoms with van der Waals surface area (Å²) in [7, 11) is 0. The first-order chi connectivity index (χ1) is 6.27.